The fourth-order valence-corrected chi connectivity index (χ4v) is 3.78. The summed E-state index contributed by atoms with van der Waals surface area (Å²) in [4.78, 5) is 29.6. The van der Waals surface area contributed by atoms with Gasteiger partial charge in [0, 0.05) is 61.9 Å². The van der Waals surface area contributed by atoms with Gasteiger partial charge in [-0.2, -0.15) is 0 Å². The quantitative estimate of drug-likeness (QED) is 0.817. The minimum Gasteiger partial charge on any atom is -0.379 e. The molecule has 7 heteroatoms. The van der Waals surface area contributed by atoms with Crippen molar-refractivity contribution in [1.29, 1.82) is 0 Å². The summed E-state index contributed by atoms with van der Waals surface area (Å²) in [6, 6.07) is 5.38. The summed E-state index contributed by atoms with van der Waals surface area (Å²) in [5, 5.41) is 0. The van der Waals surface area contributed by atoms with E-state index in [9.17, 15) is 4.79 Å². The normalized spacial score (nSPS) is 20.0. The van der Waals surface area contributed by atoms with E-state index in [0.29, 0.717) is 12.2 Å². The van der Waals surface area contributed by atoms with E-state index in [2.05, 4.69) is 19.9 Å². The molecule has 4 heterocycles. The van der Waals surface area contributed by atoms with Crippen LogP contribution in [0.3, 0.4) is 0 Å². The van der Waals surface area contributed by atoms with Crippen molar-refractivity contribution in [1.82, 2.24) is 19.9 Å². The second-order valence-corrected chi connectivity index (χ2v) is 7.05. The molecule has 2 fully saturated rings. The number of aromatic nitrogens is 3. The van der Waals surface area contributed by atoms with Gasteiger partial charge in [0.25, 0.3) is 5.91 Å². The number of ether oxygens (including phenoxy) is 1. The third-order valence-corrected chi connectivity index (χ3v) is 5.31. The van der Waals surface area contributed by atoms with Gasteiger partial charge in [0.1, 0.15) is 0 Å². The molecule has 0 aromatic carbocycles. The van der Waals surface area contributed by atoms with Crippen molar-refractivity contribution in [2.24, 2.45) is 5.41 Å². The smallest absolute Gasteiger partial charge is 0.253 e. The number of likely N-dealkylation sites (tertiary alicyclic amines) is 1. The highest BCUT2D eigenvalue weighted by molar-refractivity contribution is 5.94. The Kier molecular flexibility index (Phi) is 4.79. The number of anilines is 1. The Morgan fingerprint density at radius 2 is 1.77 bits per heavy atom. The maximum absolute atomic E-state index is 12.7. The first kappa shape index (κ1) is 16.9. The highest BCUT2D eigenvalue weighted by Gasteiger charge is 2.39. The number of hydrogen-bond donors (Lipinski definition) is 0. The van der Waals surface area contributed by atoms with E-state index in [1.54, 1.807) is 36.9 Å². The molecule has 0 bridgehead atoms. The molecule has 2 aromatic heterocycles. The van der Waals surface area contributed by atoms with Crippen LogP contribution in [-0.4, -0.2) is 65.2 Å². The predicted octanol–water partition coefficient (Wildman–Crippen LogP) is 1.63. The van der Waals surface area contributed by atoms with Crippen LogP contribution in [0.25, 0.3) is 0 Å². The van der Waals surface area contributed by atoms with Gasteiger partial charge >= 0.3 is 0 Å². The second kappa shape index (κ2) is 7.37. The molecular formula is C19H23N5O2. The van der Waals surface area contributed by atoms with Crippen LogP contribution >= 0.6 is 0 Å². The van der Waals surface area contributed by atoms with Crippen molar-refractivity contribution in [3.05, 3.63) is 48.5 Å². The van der Waals surface area contributed by atoms with Crippen molar-refractivity contribution < 1.29 is 9.53 Å². The molecule has 2 aliphatic rings. The average molecular weight is 353 g/mol. The molecule has 1 amide bonds. The van der Waals surface area contributed by atoms with Crippen molar-refractivity contribution in [2.45, 2.75) is 12.8 Å². The monoisotopic (exact) mass is 353 g/mol. The number of pyridine rings is 1. The van der Waals surface area contributed by atoms with E-state index in [1.807, 2.05) is 11.0 Å². The molecule has 2 aliphatic heterocycles. The number of carbonyl (C=O) groups is 1. The molecule has 1 spiro atoms. The first-order chi connectivity index (χ1) is 12.8. The van der Waals surface area contributed by atoms with Gasteiger partial charge in [0.15, 0.2) is 0 Å². The summed E-state index contributed by atoms with van der Waals surface area (Å²) >= 11 is 0. The van der Waals surface area contributed by atoms with E-state index < -0.39 is 0 Å². The lowest BCUT2D eigenvalue weighted by Crippen LogP contribution is -2.49. The third-order valence-electron chi connectivity index (χ3n) is 5.31. The number of rotatable bonds is 2. The fraction of sp³-hybridized carbons (Fsp3) is 0.474. The van der Waals surface area contributed by atoms with Crippen LogP contribution in [0.4, 0.5) is 5.95 Å². The molecular weight excluding hydrogens is 330 g/mol. The van der Waals surface area contributed by atoms with E-state index in [-0.39, 0.29) is 11.3 Å². The maximum atomic E-state index is 12.7. The van der Waals surface area contributed by atoms with Gasteiger partial charge in [-0.15, -0.1) is 0 Å². The van der Waals surface area contributed by atoms with Crippen molar-refractivity contribution in [2.75, 3.05) is 44.3 Å². The topological polar surface area (TPSA) is 71.5 Å². The van der Waals surface area contributed by atoms with Gasteiger partial charge in [0.05, 0.1) is 13.2 Å². The Balaban J connectivity index is 1.44. The van der Waals surface area contributed by atoms with Gasteiger partial charge in [-0.3, -0.25) is 9.78 Å². The van der Waals surface area contributed by atoms with Crippen LogP contribution in [0.2, 0.25) is 0 Å². The maximum Gasteiger partial charge on any atom is 0.253 e. The molecule has 0 radical (unpaired) electrons. The van der Waals surface area contributed by atoms with Crippen LogP contribution in [0.15, 0.2) is 43.0 Å². The Hall–Kier alpha value is -2.54. The molecule has 2 saturated heterocycles. The van der Waals surface area contributed by atoms with Crippen LogP contribution in [0.1, 0.15) is 23.2 Å². The molecule has 0 N–H and O–H groups in total. The van der Waals surface area contributed by atoms with E-state index in [1.165, 1.54) is 0 Å². The first-order valence-corrected chi connectivity index (χ1v) is 9.05. The third kappa shape index (κ3) is 3.53. The largest absolute Gasteiger partial charge is 0.379 e. The van der Waals surface area contributed by atoms with Crippen molar-refractivity contribution in [3.8, 4) is 0 Å². The second-order valence-electron chi connectivity index (χ2n) is 7.05. The lowest BCUT2D eigenvalue weighted by atomic mass is 9.78. The van der Waals surface area contributed by atoms with Crippen molar-refractivity contribution >= 4 is 11.9 Å². The Morgan fingerprint density at radius 1 is 1.04 bits per heavy atom. The number of carbonyl (C=O) groups excluding carboxylic acids is 1. The number of hydrogen-bond acceptors (Lipinski definition) is 6. The zero-order chi connectivity index (χ0) is 17.8. The zero-order valence-electron chi connectivity index (χ0n) is 14.8. The number of piperidine rings is 1. The van der Waals surface area contributed by atoms with Crippen molar-refractivity contribution in [3.63, 3.8) is 0 Å². The lowest BCUT2D eigenvalue weighted by molar-refractivity contribution is 0.0207. The van der Waals surface area contributed by atoms with E-state index in [0.717, 1.165) is 51.6 Å². The van der Waals surface area contributed by atoms with Gasteiger partial charge in [-0.1, -0.05) is 0 Å². The Bertz CT molecular complexity index is 732. The first-order valence-electron chi connectivity index (χ1n) is 9.05. The number of nitrogens with zero attached hydrogens (tertiary/aromatic N) is 5. The van der Waals surface area contributed by atoms with E-state index in [4.69, 9.17) is 4.74 Å². The molecule has 0 unspecified atom stereocenters. The average Bonchev–Trinajstić information content (AvgIpc) is 2.92. The molecule has 136 valence electrons. The minimum absolute atomic E-state index is 0.0464. The molecule has 4 rings (SSSR count). The van der Waals surface area contributed by atoms with Crippen LogP contribution in [0, 0.1) is 5.41 Å². The van der Waals surface area contributed by atoms with Gasteiger partial charge in [0.2, 0.25) is 5.95 Å². The van der Waals surface area contributed by atoms with Gasteiger partial charge < -0.3 is 14.5 Å². The predicted molar refractivity (Wildman–Crippen MR) is 96.9 cm³/mol. The SMILES string of the molecule is O=C(c1ccncc1)N1CCC2(CC1)COCCN(c1ncccn1)C2. The summed E-state index contributed by atoms with van der Waals surface area (Å²) in [6.07, 6.45) is 8.72. The Labute approximate surface area is 153 Å². The van der Waals surface area contributed by atoms with E-state index >= 15 is 0 Å². The fourth-order valence-electron chi connectivity index (χ4n) is 3.78. The molecule has 0 atom stereocenters. The Morgan fingerprint density at radius 3 is 2.50 bits per heavy atom. The lowest BCUT2D eigenvalue weighted by Gasteiger charge is -2.42. The standard InChI is InChI=1S/C19H23N5O2/c25-17(16-2-8-20-9-3-16)23-10-4-19(5-11-23)14-24(12-13-26-15-19)18-21-6-1-7-22-18/h1-3,6-9H,4-5,10-15H2. The van der Waals surface area contributed by atoms with Gasteiger partial charge in [-0.05, 0) is 31.0 Å². The minimum atomic E-state index is 0.0464. The zero-order valence-corrected chi connectivity index (χ0v) is 14.8. The highest BCUT2D eigenvalue weighted by Crippen LogP contribution is 2.35. The van der Waals surface area contributed by atoms with Gasteiger partial charge in [-0.25, -0.2) is 9.97 Å². The van der Waals surface area contributed by atoms with Crippen LogP contribution in [0.5, 0.6) is 0 Å². The molecule has 2 aromatic rings. The summed E-state index contributed by atoms with van der Waals surface area (Å²) < 4.78 is 5.91. The summed E-state index contributed by atoms with van der Waals surface area (Å²) in [5.41, 5.74) is 0.748. The van der Waals surface area contributed by atoms with Crippen LogP contribution in [-0.2, 0) is 4.74 Å². The summed E-state index contributed by atoms with van der Waals surface area (Å²) in [5.74, 6) is 0.840. The molecule has 0 saturated carbocycles. The highest BCUT2D eigenvalue weighted by atomic mass is 16.5. The number of amides is 1. The van der Waals surface area contributed by atoms with Crippen LogP contribution < -0.4 is 4.90 Å². The molecule has 0 aliphatic carbocycles. The summed E-state index contributed by atoms with van der Waals surface area (Å²) in [7, 11) is 0. The molecule has 7 nitrogen and oxygen atoms in total. The summed E-state index contributed by atoms with van der Waals surface area (Å²) in [6.45, 7) is 4.56. The molecule has 26 heavy (non-hydrogen) atoms.